The van der Waals surface area contributed by atoms with Gasteiger partial charge in [-0.3, -0.25) is 9.59 Å². The first-order valence-electron chi connectivity index (χ1n) is 6.51. The van der Waals surface area contributed by atoms with Gasteiger partial charge < -0.3 is 16.0 Å². The Balaban J connectivity index is 2.76. The van der Waals surface area contributed by atoms with Crippen LogP contribution in [0.5, 0.6) is 0 Å². The van der Waals surface area contributed by atoms with Gasteiger partial charge in [0.25, 0.3) is 0 Å². The molecule has 0 radical (unpaired) electrons. The maximum absolute atomic E-state index is 12.0. The lowest BCUT2D eigenvalue weighted by Crippen LogP contribution is -2.38. The van der Waals surface area contributed by atoms with Crippen LogP contribution in [0.15, 0.2) is 24.3 Å². The molecule has 0 spiro atoms. The van der Waals surface area contributed by atoms with Crippen molar-refractivity contribution in [1.29, 1.82) is 0 Å². The lowest BCUT2D eigenvalue weighted by Gasteiger charge is -2.24. The highest BCUT2D eigenvalue weighted by molar-refractivity contribution is 5.96. The number of amides is 2. The second-order valence-electron chi connectivity index (χ2n) is 4.16. The third-order valence-corrected chi connectivity index (χ3v) is 2.81. The second kappa shape index (κ2) is 7.41. The van der Waals surface area contributed by atoms with E-state index < -0.39 is 0 Å². The van der Waals surface area contributed by atoms with Gasteiger partial charge in [-0.05, 0) is 12.1 Å². The fraction of sp³-hybridized carbons (Fsp3) is 0.429. The molecule has 0 aliphatic heterocycles. The molecular weight excluding hydrogens is 242 g/mol. The van der Waals surface area contributed by atoms with Gasteiger partial charge in [-0.15, -0.1) is 0 Å². The Kier molecular flexibility index (Phi) is 5.85. The minimum Gasteiger partial charge on any atom is -0.397 e. The van der Waals surface area contributed by atoms with Gasteiger partial charge in [0, 0.05) is 25.9 Å². The highest BCUT2D eigenvalue weighted by Gasteiger charge is 2.15. The Bertz CT molecular complexity index is 446. The second-order valence-corrected chi connectivity index (χ2v) is 4.16. The first-order chi connectivity index (χ1) is 9.10. The van der Waals surface area contributed by atoms with Crippen LogP contribution in [0.3, 0.4) is 0 Å². The maximum Gasteiger partial charge on any atom is 0.226 e. The van der Waals surface area contributed by atoms with Crippen molar-refractivity contribution >= 4 is 23.2 Å². The lowest BCUT2D eigenvalue weighted by molar-refractivity contribution is -0.121. The number of nitrogen functional groups attached to an aromatic ring is 1. The summed E-state index contributed by atoms with van der Waals surface area (Å²) < 4.78 is 0. The normalized spacial score (nSPS) is 10.0. The van der Waals surface area contributed by atoms with Gasteiger partial charge in [0.05, 0.1) is 11.4 Å². The van der Waals surface area contributed by atoms with Gasteiger partial charge in [0.15, 0.2) is 0 Å². The summed E-state index contributed by atoms with van der Waals surface area (Å²) in [6.07, 6.45) is 0.839. The van der Waals surface area contributed by atoms with E-state index in [0.717, 1.165) is 0 Å². The van der Waals surface area contributed by atoms with Gasteiger partial charge in [-0.2, -0.15) is 0 Å². The van der Waals surface area contributed by atoms with Gasteiger partial charge in [0.1, 0.15) is 0 Å². The Hall–Kier alpha value is -2.04. The summed E-state index contributed by atoms with van der Waals surface area (Å²) >= 11 is 0. The van der Waals surface area contributed by atoms with Gasteiger partial charge in [0.2, 0.25) is 11.8 Å². The fourth-order valence-electron chi connectivity index (χ4n) is 1.74. The molecule has 5 heteroatoms. The summed E-state index contributed by atoms with van der Waals surface area (Å²) in [6, 6.07) is 7.24. The zero-order valence-corrected chi connectivity index (χ0v) is 11.5. The quantitative estimate of drug-likeness (QED) is 0.764. The van der Waals surface area contributed by atoms with E-state index in [1.807, 2.05) is 18.2 Å². The first-order valence-corrected chi connectivity index (χ1v) is 6.51. The van der Waals surface area contributed by atoms with Crippen molar-refractivity contribution in [2.24, 2.45) is 0 Å². The van der Waals surface area contributed by atoms with E-state index in [1.165, 1.54) is 0 Å². The van der Waals surface area contributed by atoms with Crippen molar-refractivity contribution in [2.45, 2.75) is 26.7 Å². The molecular formula is C14H21N3O2. The number of nitrogens with zero attached hydrogens (tertiary/aromatic N) is 1. The van der Waals surface area contributed by atoms with Crippen LogP contribution in [0.4, 0.5) is 11.4 Å². The molecule has 3 N–H and O–H groups in total. The minimum absolute atomic E-state index is 0.0105. The van der Waals surface area contributed by atoms with Crippen LogP contribution in [0.1, 0.15) is 26.7 Å². The van der Waals surface area contributed by atoms with E-state index >= 15 is 0 Å². The molecule has 0 saturated heterocycles. The van der Waals surface area contributed by atoms with Crippen LogP contribution in [-0.2, 0) is 9.59 Å². The number of carbonyl (C=O) groups excluding carboxylic acids is 2. The molecule has 1 aromatic carbocycles. The maximum atomic E-state index is 12.0. The smallest absolute Gasteiger partial charge is 0.226 e. The molecule has 19 heavy (non-hydrogen) atoms. The van der Waals surface area contributed by atoms with Crippen LogP contribution in [0, 0.1) is 0 Å². The molecule has 0 bridgehead atoms. The molecule has 2 amide bonds. The standard InChI is InChI=1S/C14H21N3O2/c1-3-13(18)16-9-10-17(14(19)4-2)12-8-6-5-7-11(12)15/h5-8H,3-4,9-10,15H2,1-2H3,(H,16,18). The zero-order valence-electron chi connectivity index (χ0n) is 11.5. The largest absolute Gasteiger partial charge is 0.397 e. The molecule has 1 aromatic rings. The Morgan fingerprint density at radius 2 is 1.89 bits per heavy atom. The van der Waals surface area contributed by atoms with Crippen molar-refractivity contribution < 1.29 is 9.59 Å². The molecule has 0 unspecified atom stereocenters. The van der Waals surface area contributed by atoms with E-state index in [0.29, 0.717) is 37.3 Å². The number of rotatable bonds is 6. The monoisotopic (exact) mass is 263 g/mol. The van der Waals surface area contributed by atoms with Crippen LogP contribution in [-0.4, -0.2) is 24.9 Å². The summed E-state index contributed by atoms with van der Waals surface area (Å²) in [6.45, 7) is 4.44. The Labute approximate surface area is 113 Å². The molecule has 0 saturated carbocycles. The van der Waals surface area contributed by atoms with E-state index in [2.05, 4.69) is 5.32 Å². The van der Waals surface area contributed by atoms with E-state index in [4.69, 9.17) is 5.73 Å². The number of nitrogens with two attached hydrogens (primary N) is 1. The fourth-order valence-corrected chi connectivity index (χ4v) is 1.74. The third-order valence-electron chi connectivity index (χ3n) is 2.81. The summed E-state index contributed by atoms with van der Waals surface area (Å²) in [5.74, 6) is -0.0337. The number of benzene rings is 1. The minimum atomic E-state index is -0.0232. The molecule has 0 aliphatic carbocycles. The molecule has 1 rings (SSSR count). The molecule has 0 heterocycles. The van der Waals surface area contributed by atoms with Crippen LogP contribution >= 0.6 is 0 Å². The number of anilines is 2. The number of carbonyl (C=O) groups is 2. The van der Waals surface area contributed by atoms with Crippen molar-refractivity contribution in [3.05, 3.63) is 24.3 Å². The average Bonchev–Trinajstić information content (AvgIpc) is 2.43. The van der Waals surface area contributed by atoms with Crippen molar-refractivity contribution in [3.8, 4) is 0 Å². The highest BCUT2D eigenvalue weighted by Crippen LogP contribution is 2.22. The Morgan fingerprint density at radius 1 is 1.21 bits per heavy atom. The average molecular weight is 263 g/mol. The number of hydrogen-bond donors (Lipinski definition) is 2. The highest BCUT2D eigenvalue weighted by atomic mass is 16.2. The van der Waals surface area contributed by atoms with E-state index in [-0.39, 0.29) is 11.8 Å². The first kappa shape index (κ1) is 15.0. The summed E-state index contributed by atoms with van der Waals surface area (Å²) in [7, 11) is 0. The van der Waals surface area contributed by atoms with Gasteiger partial charge in [-0.25, -0.2) is 0 Å². The van der Waals surface area contributed by atoms with Crippen LogP contribution < -0.4 is 16.0 Å². The SMILES string of the molecule is CCC(=O)NCCN(C(=O)CC)c1ccccc1N. The van der Waals surface area contributed by atoms with Gasteiger partial charge >= 0.3 is 0 Å². The lowest BCUT2D eigenvalue weighted by atomic mass is 10.2. The van der Waals surface area contributed by atoms with Gasteiger partial charge in [-0.1, -0.05) is 26.0 Å². The van der Waals surface area contributed by atoms with E-state index in [9.17, 15) is 9.59 Å². The topological polar surface area (TPSA) is 75.4 Å². The summed E-state index contributed by atoms with van der Waals surface area (Å²) in [5.41, 5.74) is 7.15. The molecule has 0 aliphatic rings. The van der Waals surface area contributed by atoms with Crippen molar-refractivity contribution in [3.63, 3.8) is 0 Å². The van der Waals surface area contributed by atoms with Crippen LogP contribution in [0.25, 0.3) is 0 Å². The summed E-state index contributed by atoms with van der Waals surface area (Å²) in [4.78, 5) is 24.8. The van der Waals surface area contributed by atoms with Crippen LogP contribution in [0.2, 0.25) is 0 Å². The predicted molar refractivity (Wildman–Crippen MR) is 76.8 cm³/mol. The number of nitrogens with one attached hydrogen (secondary N) is 1. The Morgan fingerprint density at radius 3 is 2.47 bits per heavy atom. The molecule has 104 valence electrons. The summed E-state index contributed by atoms with van der Waals surface area (Å²) in [5, 5.41) is 2.76. The molecule has 0 fully saturated rings. The predicted octanol–water partition coefficient (Wildman–Crippen LogP) is 1.54. The molecule has 0 atom stereocenters. The number of para-hydroxylation sites is 2. The van der Waals surface area contributed by atoms with Crippen molar-refractivity contribution in [1.82, 2.24) is 5.32 Å². The number of hydrogen-bond acceptors (Lipinski definition) is 3. The third kappa shape index (κ3) is 4.28. The molecule has 0 aromatic heterocycles. The van der Waals surface area contributed by atoms with E-state index in [1.54, 1.807) is 24.8 Å². The van der Waals surface area contributed by atoms with Crippen molar-refractivity contribution in [2.75, 3.05) is 23.7 Å². The molecule has 5 nitrogen and oxygen atoms in total. The zero-order chi connectivity index (χ0) is 14.3.